The van der Waals surface area contributed by atoms with Gasteiger partial charge in [0.05, 0.1) is 13.2 Å². The third-order valence-corrected chi connectivity index (χ3v) is 5.27. The van der Waals surface area contributed by atoms with Crippen molar-refractivity contribution in [2.24, 2.45) is 0 Å². The van der Waals surface area contributed by atoms with Crippen LogP contribution in [0.3, 0.4) is 0 Å². The van der Waals surface area contributed by atoms with Crippen LogP contribution in [0.1, 0.15) is 62.7 Å². The molecule has 0 aromatic heterocycles. The van der Waals surface area contributed by atoms with Crippen molar-refractivity contribution in [1.82, 2.24) is 0 Å². The van der Waals surface area contributed by atoms with Crippen LogP contribution < -0.4 is 14.8 Å². The van der Waals surface area contributed by atoms with Gasteiger partial charge in [-0.3, -0.25) is 4.79 Å². The summed E-state index contributed by atoms with van der Waals surface area (Å²) in [5, 5.41) is 2.97. The van der Waals surface area contributed by atoms with Crippen LogP contribution in [-0.4, -0.2) is 25.4 Å². The van der Waals surface area contributed by atoms with Crippen molar-refractivity contribution in [3.8, 4) is 11.5 Å². The lowest BCUT2D eigenvalue weighted by Gasteiger charge is -2.14. The monoisotopic (exact) mass is 415 g/mol. The Bertz CT molecular complexity index is 764. The number of carbonyl (C=O) groups is 1. The molecule has 0 aliphatic carbocycles. The quantitative estimate of drug-likeness (QED) is 0.289. The van der Waals surface area contributed by atoms with Crippen molar-refractivity contribution in [3.05, 3.63) is 48.0 Å². The van der Waals surface area contributed by atoms with E-state index in [4.69, 9.17) is 9.47 Å². The molecule has 2 aromatic carbocycles. The number of unbranched alkanes of at least 4 members (excludes halogenated alkanes) is 4. The number of nitrogens with one attached hydrogen (secondary N) is 1. The highest BCUT2D eigenvalue weighted by molar-refractivity contribution is 7.98. The standard InChI is InChI=1S/C24H33NO3S/c1-4-6-8-15-27-22-14-13-19(17-23(22)28-16-9-7-5-2)24(26)25-20-11-10-12-21(18-20)29-3/h10-14,17-18H,4-9,15-16H2,1-3H3,(H,25,26). The number of amides is 1. The van der Waals surface area contributed by atoms with E-state index in [0.29, 0.717) is 30.3 Å². The predicted molar refractivity (Wildman–Crippen MR) is 123 cm³/mol. The molecule has 2 aromatic rings. The van der Waals surface area contributed by atoms with E-state index in [-0.39, 0.29) is 5.91 Å². The highest BCUT2D eigenvalue weighted by Gasteiger charge is 2.13. The minimum atomic E-state index is -0.154. The molecule has 158 valence electrons. The number of hydrogen-bond acceptors (Lipinski definition) is 4. The number of thioether (sulfide) groups is 1. The van der Waals surface area contributed by atoms with E-state index in [1.807, 2.05) is 36.6 Å². The van der Waals surface area contributed by atoms with E-state index in [1.54, 1.807) is 23.9 Å². The first-order chi connectivity index (χ1) is 14.2. The Kier molecular flexibility index (Phi) is 10.5. The molecule has 0 bridgehead atoms. The Hall–Kier alpha value is -2.14. The number of hydrogen-bond donors (Lipinski definition) is 1. The fourth-order valence-electron chi connectivity index (χ4n) is 2.85. The molecule has 0 fully saturated rings. The smallest absolute Gasteiger partial charge is 0.255 e. The van der Waals surface area contributed by atoms with Gasteiger partial charge in [-0.05, 0) is 55.5 Å². The first kappa shape index (κ1) is 23.1. The summed E-state index contributed by atoms with van der Waals surface area (Å²) >= 11 is 1.65. The van der Waals surface area contributed by atoms with Crippen molar-refractivity contribution in [2.75, 3.05) is 24.8 Å². The van der Waals surface area contributed by atoms with E-state index < -0.39 is 0 Å². The van der Waals surface area contributed by atoms with Gasteiger partial charge in [0, 0.05) is 16.1 Å². The van der Waals surface area contributed by atoms with Crippen molar-refractivity contribution in [3.63, 3.8) is 0 Å². The Morgan fingerprint density at radius 2 is 1.59 bits per heavy atom. The molecule has 0 saturated carbocycles. The molecule has 0 aliphatic heterocycles. The summed E-state index contributed by atoms with van der Waals surface area (Å²) in [4.78, 5) is 13.8. The largest absolute Gasteiger partial charge is 0.490 e. The van der Waals surface area contributed by atoms with E-state index in [0.717, 1.165) is 49.1 Å². The van der Waals surface area contributed by atoms with Gasteiger partial charge in [0.15, 0.2) is 11.5 Å². The van der Waals surface area contributed by atoms with Crippen LogP contribution in [0.4, 0.5) is 5.69 Å². The zero-order valence-corrected chi connectivity index (χ0v) is 18.6. The number of benzene rings is 2. The summed E-state index contributed by atoms with van der Waals surface area (Å²) < 4.78 is 11.9. The second-order valence-corrected chi connectivity index (χ2v) is 7.84. The number of rotatable bonds is 13. The Labute approximate surface area is 179 Å². The molecule has 0 aliphatic rings. The van der Waals surface area contributed by atoms with Crippen LogP contribution in [0.2, 0.25) is 0 Å². The van der Waals surface area contributed by atoms with Gasteiger partial charge in [0.2, 0.25) is 0 Å². The maximum absolute atomic E-state index is 12.7. The molecule has 29 heavy (non-hydrogen) atoms. The van der Waals surface area contributed by atoms with Gasteiger partial charge < -0.3 is 14.8 Å². The van der Waals surface area contributed by atoms with Gasteiger partial charge in [-0.25, -0.2) is 0 Å². The molecule has 1 N–H and O–H groups in total. The van der Waals surface area contributed by atoms with Crippen molar-refractivity contribution < 1.29 is 14.3 Å². The molecule has 0 spiro atoms. The van der Waals surface area contributed by atoms with Crippen LogP contribution in [-0.2, 0) is 0 Å². The maximum Gasteiger partial charge on any atom is 0.255 e. The lowest BCUT2D eigenvalue weighted by Crippen LogP contribution is -2.12. The van der Waals surface area contributed by atoms with Crippen LogP contribution in [0.15, 0.2) is 47.4 Å². The van der Waals surface area contributed by atoms with Crippen molar-refractivity contribution in [1.29, 1.82) is 0 Å². The van der Waals surface area contributed by atoms with E-state index in [1.165, 1.54) is 0 Å². The predicted octanol–water partition coefficient (Wildman–Crippen LogP) is 6.80. The minimum Gasteiger partial charge on any atom is -0.490 e. The second kappa shape index (κ2) is 13.2. The zero-order valence-electron chi connectivity index (χ0n) is 17.8. The first-order valence-electron chi connectivity index (χ1n) is 10.5. The molecule has 5 heteroatoms. The Morgan fingerprint density at radius 1 is 0.897 bits per heavy atom. The highest BCUT2D eigenvalue weighted by atomic mass is 32.2. The molecule has 4 nitrogen and oxygen atoms in total. The van der Waals surface area contributed by atoms with Gasteiger partial charge in [-0.15, -0.1) is 11.8 Å². The lowest BCUT2D eigenvalue weighted by molar-refractivity contribution is 0.102. The number of anilines is 1. The Morgan fingerprint density at radius 3 is 2.24 bits per heavy atom. The molecule has 0 saturated heterocycles. The van der Waals surface area contributed by atoms with Crippen LogP contribution in [0.5, 0.6) is 11.5 Å². The van der Waals surface area contributed by atoms with E-state index >= 15 is 0 Å². The van der Waals surface area contributed by atoms with Gasteiger partial charge in [-0.1, -0.05) is 45.6 Å². The number of carbonyl (C=O) groups excluding carboxylic acids is 1. The summed E-state index contributed by atoms with van der Waals surface area (Å²) in [5.74, 6) is 1.20. The van der Waals surface area contributed by atoms with Gasteiger partial charge in [-0.2, -0.15) is 0 Å². The van der Waals surface area contributed by atoms with Gasteiger partial charge >= 0.3 is 0 Å². The second-order valence-electron chi connectivity index (χ2n) is 6.96. The average molecular weight is 416 g/mol. The minimum absolute atomic E-state index is 0.154. The summed E-state index contributed by atoms with van der Waals surface area (Å²) in [5.41, 5.74) is 1.35. The molecule has 0 atom stereocenters. The van der Waals surface area contributed by atoms with E-state index in [2.05, 4.69) is 19.2 Å². The summed E-state index contributed by atoms with van der Waals surface area (Å²) in [6.45, 7) is 5.62. The van der Waals surface area contributed by atoms with Crippen molar-refractivity contribution in [2.45, 2.75) is 57.3 Å². The molecule has 0 radical (unpaired) electrons. The fourth-order valence-corrected chi connectivity index (χ4v) is 3.31. The zero-order chi connectivity index (χ0) is 20.9. The summed E-state index contributed by atoms with van der Waals surface area (Å²) in [6.07, 6.45) is 8.58. The third-order valence-electron chi connectivity index (χ3n) is 4.54. The topological polar surface area (TPSA) is 47.6 Å². The SMILES string of the molecule is CCCCCOc1ccc(C(=O)Nc2cccc(SC)c2)cc1OCCCCC. The van der Waals surface area contributed by atoms with Crippen LogP contribution >= 0.6 is 11.8 Å². The highest BCUT2D eigenvalue weighted by Crippen LogP contribution is 2.30. The Balaban J connectivity index is 2.10. The molecule has 0 unspecified atom stereocenters. The van der Waals surface area contributed by atoms with Gasteiger partial charge in [0.1, 0.15) is 0 Å². The fraction of sp³-hybridized carbons (Fsp3) is 0.458. The molecule has 1 amide bonds. The van der Waals surface area contributed by atoms with Crippen LogP contribution in [0, 0.1) is 0 Å². The first-order valence-corrected chi connectivity index (χ1v) is 11.8. The van der Waals surface area contributed by atoms with Crippen LogP contribution in [0.25, 0.3) is 0 Å². The molecule has 2 rings (SSSR count). The molecular weight excluding hydrogens is 382 g/mol. The van der Waals surface area contributed by atoms with Crippen molar-refractivity contribution >= 4 is 23.4 Å². The lowest BCUT2D eigenvalue weighted by atomic mass is 10.1. The van der Waals surface area contributed by atoms with E-state index in [9.17, 15) is 4.79 Å². The number of ether oxygens (including phenoxy) is 2. The summed E-state index contributed by atoms with van der Waals surface area (Å²) in [7, 11) is 0. The van der Waals surface area contributed by atoms with Gasteiger partial charge in [0.25, 0.3) is 5.91 Å². The maximum atomic E-state index is 12.7. The normalized spacial score (nSPS) is 10.6. The third kappa shape index (κ3) is 8.01. The average Bonchev–Trinajstić information content (AvgIpc) is 2.75. The molecular formula is C24H33NO3S. The summed E-state index contributed by atoms with van der Waals surface area (Å²) in [6, 6.07) is 13.2. The molecule has 0 heterocycles.